The molecule has 2 N–H and O–H groups in total. The van der Waals surface area contributed by atoms with Crippen LogP contribution in [0, 0.1) is 6.92 Å². The molecule has 0 saturated carbocycles. The number of halogens is 2. The van der Waals surface area contributed by atoms with Crippen LogP contribution >= 0.6 is 34.5 Å². The normalized spacial score (nSPS) is 11.7. The number of hydrogen-bond acceptors (Lipinski definition) is 6. The Hall–Kier alpha value is -2.41. The van der Waals surface area contributed by atoms with Gasteiger partial charge in [0.2, 0.25) is 0 Å². The molecule has 0 aliphatic carbocycles. The number of aromatic nitrogens is 3. The Kier molecular flexibility index (Phi) is 5.57. The summed E-state index contributed by atoms with van der Waals surface area (Å²) in [4.78, 5) is 14.6. The summed E-state index contributed by atoms with van der Waals surface area (Å²) < 4.78 is 0. The van der Waals surface area contributed by atoms with E-state index in [0.717, 1.165) is 10.5 Å². The summed E-state index contributed by atoms with van der Waals surface area (Å²) in [7, 11) is 0. The summed E-state index contributed by atoms with van der Waals surface area (Å²) in [5, 5.41) is 8.29. The Morgan fingerprint density at radius 1 is 0.867 bits per heavy atom. The van der Waals surface area contributed by atoms with Gasteiger partial charge < -0.3 is 10.6 Å². The number of para-hydroxylation sites is 1. The third kappa shape index (κ3) is 4.36. The fraction of sp³-hybridized carbons (Fsp3) is 0.227. The molecule has 0 amide bonds. The van der Waals surface area contributed by atoms with Crippen LogP contribution in [0.1, 0.15) is 32.2 Å². The van der Waals surface area contributed by atoms with E-state index in [4.69, 9.17) is 23.2 Å². The minimum Gasteiger partial charge on any atom is -0.338 e. The quantitative estimate of drug-likeness (QED) is 0.332. The summed E-state index contributed by atoms with van der Waals surface area (Å²) >= 11 is 14.0. The maximum atomic E-state index is 6.28. The lowest BCUT2D eigenvalue weighted by Gasteiger charge is -2.19. The number of thiazole rings is 1. The van der Waals surface area contributed by atoms with E-state index in [0.29, 0.717) is 38.0 Å². The summed E-state index contributed by atoms with van der Waals surface area (Å²) in [5.41, 5.74) is 3.63. The van der Waals surface area contributed by atoms with Gasteiger partial charge in [0, 0.05) is 5.69 Å². The molecule has 0 atom stereocenters. The summed E-state index contributed by atoms with van der Waals surface area (Å²) in [6.07, 6.45) is 0. The Morgan fingerprint density at radius 2 is 1.53 bits per heavy atom. The fourth-order valence-corrected chi connectivity index (χ4v) is 4.37. The van der Waals surface area contributed by atoms with Crippen molar-refractivity contribution in [2.24, 2.45) is 0 Å². The molecule has 0 spiro atoms. The molecular weight excluding hydrogens is 437 g/mol. The summed E-state index contributed by atoms with van der Waals surface area (Å²) in [5.74, 6) is 1.33. The van der Waals surface area contributed by atoms with Gasteiger partial charge in [-0.05, 0) is 42.2 Å². The Balaban J connectivity index is 1.67. The predicted molar refractivity (Wildman–Crippen MR) is 128 cm³/mol. The molecule has 2 heterocycles. The van der Waals surface area contributed by atoms with Gasteiger partial charge in [-0.1, -0.05) is 73.5 Å². The molecule has 5 nitrogen and oxygen atoms in total. The molecule has 0 aliphatic heterocycles. The largest absolute Gasteiger partial charge is 0.338 e. The summed E-state index contributed by atoms with van der Waals surface area (Å²) in [6, 6.07) is 13.7. The first-order valence-electron chi connectivity index (χ1n) is 9.44. The van der Waals surface area contributed by atoms with Gasteiger partial charge in [-0.3, -0.25) is 0 Å². The lowest BCUT2D eigenvalue weighted by atomic mass is 9.87. The van der Waals surface area contributed by atoms with Crippen LogP contribution in [-0.2, 0) is 5.41 Å². The average molecular weight is 458 g/mol. The number of fused-ring (bicyclic) bond motifs is 1. The lowest BCUT2D eigenvalue weighted by Crippen LogP contribution is -2.10. The van der Waals surface area contributed by atoms with Crippen LogP contribution in [0.4, 0.5) is 22.3 Å². The van der Waals surface area contributed by atoms with Gasteiger partial charge in [0.1, 0.15) is 11.3 Å². The van der Waals surface area contributed by atoms with E-state index < -0.39 is 0 Å². The Labute approximate surface area is 189 Å². The van der Waals surface area contributed by atoms with E-state index in [2.05, 4.69) is 70.6 Å². The van der Waals surface area contributed by atoms with Crippen molar-refractivity contribution in [2.75, 3.05) is 10.6 Å². The third-order valence-electron chi connectivity index (χ3n) is 4.58. The van der Waals surface area contributed by atoms with E-state index >= 15 is 0 Å². The Morgan fingerprint density at radius 3 is 2.17 bits per heavy atom. The first-order valence-corrected chi connectivity index (χ1v) is 11.0. The van der Waals surface area contributed by atoms with E-state index in [1.54, 1.807) is 18.2 Å². The van der Waals surface area contributed by atoms with E-state index in [9.17, 15) is 0 Å². The molecule has 154 valence electrons. The number of nitrogens with zero attached hydrogens (tertiary/aromatic N) is 3. The molecule has 8 heteroatoms. The standard InChI is InChI=1S/C22H21Cl2N5S/c1-12-25-19(27-14-10-8-13(9-11-14)22(2,3)4)18-20(26-12)30-21(29-18)28-17-15(23)6-5-7-16(17)24/h5-11H,1-4H3,(H,28,29)(H,25,26,27). The molecule has 4 rings (SSSR count). The van der Waals surface area contributed by atoms with Crippen molar-refractivity contribution >= 4 is 67.2 Å². The van der Waals surface area contributed by atoms with Crippen LogP contribution in [0.5, 0.6) is 0 Å². The number of aryl methyl sites for hydroxylation is 1. The first-order chi connectivity index (χ1) is 14.2. The van der Waals surface area contributed by atoms with Gasteiger partial charge >= 0.3 is 0 Å². The monoisotopic (exact) mass is 457 g/mol. The molecule has 4 aromatic rings. The fourth-order valence-electron chi connectivity index (χ4n) is 2.98. The van der Waals surface area contributed by atoms with Gasteiger partial charge in [-0.2, -0.15) is 0 Å². The van der Waals surface area contributed by atoms with Crippen molar-refractivity contribution in [3.05, 3.63) is 63.9 Å². The number of hydrogen-bond donors (Lipinski definition) is 2. The molecule has 0 fully saturated rings. The van der Waals surface area contributed by atoms with Crippen molar-refractivity contribution in [3.8, 4) is 0 Å². The van der Waals surface area contributed by atoms with Crippen molar-refractivity contribution in [3.63, 3.8) is 0 Å². The maximum Gasteiger partial charge on any atom is 0.190 e. The number of nitrogens with one attached hydrogen (secondary N) is 2. The van der Waals surface area contributed by atoms with Crippen molar-refractivity contribution in [1.29, 1.82) is 0 Å². The molecular formula is C22H21Cl2N5S. The first kappa shape index (κ1) is 20.8. The highest BCUT2D eigenvalue weighted by atomic mass is 35.5. The summed E-state index contributed by atoms with van der Waals surface area (Å²) in [6.45, 7) is 8.45. The second kappa shape index (κ2) is 8.02. The van der Waals surface area contributed by atoms with Crippen LogP contribution < -0.4 is 10.6 Å². The highest BCUT2D eigenvalue weighted by Gasteiger charge is 2.16. The Bertz CT molecular complexity index is 1190. The maximum absolute atomic E-state index is 6.28. The molecule has 0 unspecified atom stereocenters. The minimum absolute atomic E-state index is 0.104. The zero-order valence-corrected chi connectivity index (χ0v) is 19.4. The predicted octanol–water partition coefficient (Wildman–Crippen LogP) is 7.49. The highest BCUT2D eigenvalue weighted by molar-refractivity contribution is 7.21. The molecule has 0 saturated heterocycles. The van der Waals surface area contributed by atoms with Gasteiger partial charge in [0.25, 0.3) is 0 Å². The molecule has 2 aromatic heterocycles. The van der Waals surface area contributed by atoms with E-state index in [-0.39, 0.29) is 5.41 Å². The van der Waals surface area contributed by atoms with Crippen molar-refractivity contribution in [1.82, 2.24) is 15.0 Å². The van der Waals surface area contributed by atoms with Crippen LogP contribution in [0.3, 0.4) is 0 Å². The molecule has 0 aliphatic rings. The molecule has 30 heavy (non-hydrogen) atoms. The van der Waals surface area contributed by atoms with E-state index in [1.165, 1.54) is 16.9 Å². The highest BCUT2D eigenvalue weighted by Crippen LogP contribution is 2.36. The van der Waals surface area contributed by atoms with Crippen LogP contribution in [-0.4, -0.2) is 15.0 Å². The van der Waals surface area contributed by atoms with Crippen LogP contribution in [0.25, 0.3) is 10.3 Å². The smallest absolute Gasteiger partial charge is 0.190 e. The topological polar surface area (TPSA) is 62.7 Å². The van der Waals surface area contributed by atoms with E-state index in [1.807, 2.05) is 6.92 Å². The van der Waals surface area contributed by atoms with Gasteiger partial charge in [-0.15, -0.1) is 0 Å². The van der Waals surface area contributed by atoms with Crippen LogP contribution in [0.2, 0.25) is 10.0 Å². The zero-order chi connectivity index (χ0) is 21.5. The van der Waals surface area contributed by atoms with Crippen molar-refractivity contribution in [2.45, 2.75) is 33.1 Å². The number of rotatable bonds is 4. The molecule has 2 aromatic carbocycles. The lowest BCUT2D eigenvalue weighted by molar-refractivity contribution is 0.590. The number of benzene rings is 2. The van der Waals surface area contributed by atoms with Gasteiger partial charge in [-0.25, -0.2) is 15.0 Å². The molecule has 0 radical (unpaired) electrons. The third-order valence-corrected chi connectivity index (χ3v) is 6.07. The average Bonchev–Trinajstić information content (AvgIpc) is 3.07. The SMILES string of the molecule is Cc1nc(Nc2ccc(C(C)(C)C)cc2)c2nc(Nc3c(Cl)cccc3Cl)sc2n1. The van der Waals surface area contributed by atoms with Crippen molar-refractivity contribution < 1.29 is 0 Å². The second-order valence-corrected chi connectivity index (χ2v) is 9.76. The van der Waals surface area contributed by atoms with Gasteiger partial charge in [0.15, 0.2) is 15.8 Å². The van der Waals surface area contributed by atoms with Gasteiger partial charge in [0.05, 0.1) is 15.7 Å². The minimum atomic E-state index is 0.104. The second-order valence-electron chi connectivity index (χ2n) is 7.97. The zero-order valence-electron chi connectivity index (χ0n) is 17.0. The van der Waals surface area contributed by atoms with Crippen LogP contribution in [0.15, 0.2) is 42.5 Å². The molecule has 0 bridgehead atoms. The number of anilines is 4.